The summed E-state index contributed by atoms with van der Waals surface area (Å²) in [5.74, 6) is 0. The van der Waals surface area contributed by atoms with Crippen LogP contribution in [0.1, 0.15) is 27.2 Å². The highest BCUT2D eigenvalue weighted by molar-refractivity contribution is 7.90. The standard InChI is InChI=1S/C9H18N2O3S/c1-4-9(7-10)15(13,14)11(5-6-12)8(2)3/h8-9,12H,4-6H2,1-3H3. The molecule has 0 heterocycles. The molecule has 0 aromatic heterocycles. The Bertz CT molecular complexity index is 319. The fourth-order valence-electron chi connectivity index (χ4n) is 1.31. The lowest BCUT2D eigenvalue weighted by atomic mass is 10.4. The normalized spacial score (nSPS) is 14.2. The zero-order valence-corrected chi connectivity index (χ0v) is 10.2. The quantitative estimate of drug-likeness (QED) is 0.717. The van der Waals surface area contributed by atoms with Crippen molar-refractivity contribution in [2.24, 2.45) is 0 Å². The lowest BCUT2D eigenvalue weighted by Crippen LogP contribution is -2.43. The third kappa shape index (κ3) is 3.45. The summed E-state index contributed by atoms with van der Waals surface area (Å²) in [5, 5.41) is 16.5. The first kappa shape index (κ1) is 14.4. The minimum absolute atomic E-state index is 0.0399. The first-order chi connectivity index (χ1) is 6.91. The van der Waals surface area contributed by atoms with E-state index in [-0.39, 0.29) is 25.6 Å². The predicted octanol–water partition coefficient (Wildman–Crippen LogP) is 0.321. The lowest BCUT2D eigenvalue weighted by molar-refractivity contribution is 0.236. The van der Waals surface area contributed by atoms with Crippen LogP contribution in [0.15, 0.2) is 0 Å². The van der Waals surface area contributed by atoms with E-state index in [9.17, 15) is 8.42 Å². The van der Waals surface area contributed by atoms with Gasteiger partial charge in [-0.15, -0.1) is 0 Å². The Morgan fingerprint density at radius 2 is 2.00 bits per heavy atom. The summed E-state index contributed by atoms with van der Waals surface area (Å²) in [4.78, 5) is 0. The van der Waals surface area contributed by atoms with Crippen LogP contribution in [-0.4, -0.2) is 42.3 Å². The number of nitrogens with zero attached hydrogens (tertiary/aromatic N) is 2. The third-order valence-electron chi connectivity index (χ3n) is 2.10. The van der Waals surface area contributed by atoms with E-state index in [0.717, 1.165) is 0 Å². The molecule has 0 radical (unpaired) electrons. The van der Waals surface area contributed by atoms with Gasteiger partial charge in [-0.25, -0.2) is 8.42 Å². The fraction of sp³-hybridized carbons (Fsp3) is 0.889. The predicted molar refractivity (Wildman–Crippen MR) is 57.5 cm³/mol. The lowest BCUT2D eigenvalue weighted by Gasteiger charge is -2.26. The van der Waals surface area contributed by atoms with Crippen LogP contribution in [0.25, 0.3) is 0 Å². The highest BCUT2D eigenvalue weighted by Gasteiger charge is 2.32. The van der Waals surface area contributed by atoms with E-state index in [1.54, 1.807) is 26.8 Å². The summed E-state index contributed by atoms with van der Waals surface area (Å²) in [6, 6.07) is 1.53. The minimum atomic E-state index is -3.61. The number of hydrogen-bond acceptors (Lipinski definition) is 4. The van der Waals surface area contributed by atoms with Gasteiger partial charge in [-0.2, -0.15) is 9.57 Å². The Kier molecular flexibility index (Phi) is 5.80. The number of sulfonamides is 1. The van der Waals surface area contributed by atoms with Gasteiger partial charge in [0, 0.05) is 12.6 Å². The molecule has 0 spiro atoms. The van der Waals surface area contributed by atoms with Crippen LogP contribution in [-0.2, 0) is 10.0 Å². The molecular weight excluding hydrogens is 216 g/mol. The van der Waals surface area contributed by atoms with Crippen molar-refractivity contribution in [1.82, 2.24) is 4.31 Å². The van der Waals surface area contributed by atoms with Crippen LogP contribution in [0.2, 0.25) is 0 Å². The molecule has 0 rings (SSSR count). The maximum Gasteiger partial charge on any atom is 0.230 e. The summed E-state index contributed by atoms with van der Waals surface area (Å²) in [6.45, 7) is 4.90. The van der Waals surface area contributed by atoms with Gasteiger partial charge in [-0.1, -0.05) is 6.92 Å². The molecule has 0 bridgehead atoms. The summed E-state index contributed by atoms with van der Waals surface area (Å²) >= 11 is 0. The minimum Gasteiger partial charge on any atom is -0.395 e. The van der Waals surface area contributed by atoms with Crippen molar-refractivity contribution in [2.45, 2.75) is 38.5 Å². The smallest absolute Gasteiger partial charge is 0.230 e. The zero-order chi connectivity index (χ0) is 12.1. The molecule has 0 aromatic rings. The number of nitriles is 1. The molecular formula is C9H18N2O3S. The van der Waals surface area contributed by atoms with Crippen LogP contribution < -0.4 is 0 Å². The first-order valence-corrected chi connectivity index (χ1v) is 6.43. The van der Waals surface area contributed by atoms with E-state index < -0.39 is 15.3 Å². The Hall–Kier alpha value is -0.640. The number of aliphatic hydroxyl groups excluding tert-OH is 1. The van der Waals surface area contributed by atoms with Crippen LogP contribution in [0, 0.1) is 11.3 Å². The van der Waals surface area contributed by atoms with E-state index >= 15 is 0 Å². The second kappa shape index (κ2) is 6.05. The van der Waals surface area contributed by atoms with Crippen LogP contribution in [0.4, 0.5) is 0 Å². The van der Waals surface area contributed by atoms with E-state index in [1.807, 2.05) is 0 Å². The molecule has 0 saturated heterocycles. The van der Waals surface area contributed by atoms with Gasteiger partial charge in [0.2, 0.25) is 10.0 Å². The Morgan fingerprint density at radius 3 is 2.27 bits per heavy atom. The Labute approximate surface area is 91.4 Å². The summed E-state index contributed by atoms with van der Waals surface area (Å²) in [6.07, 6.45) is 0.257. The second-order valence-corrected chi connectivity index (χ2v) is 5.57. The molecule has 88 valence electrons. The summed E-state index contributed by atoms with van der Waals surface area (Å²) in [7, 11) is -3.61. The molecule has 0 amide bonds. The number of aliphatic hydroxyl groups is 1. The monoisotopic (exact) mass is 234 g/mol. The van der Waals surface area contributed by atoms with Gasteiger partial charge in [0.05, 0.1) is 12.7 Å². The molecule has 15 heavy (non-hydrogen) atoms. The SMILES string of the molecule is CCC(C#N)S(=O)(=O)N(CCO)C(C)C. The average Bonchev–Trinajstić information content (AvgIpc) is 2.14. The van der Waals surface area contributed by atoms with Crippen LogP contribution in [0.3, 0.4) is 0 Å². The molecule has 0 saturated carbocycles. The Balaban J connectivity index is 5.04. The summed E-state index contributed by atoms with van der Waals surface area (Å²) in [5.41, 5.74) is 0. The third-order valence-corrected chi connectivity index (χ3v) is 4.51. The first-order valence-electron chi connectivity index (χ1n) is 4.92. The van der Waals surface area contributed by atoms with Gasteiger partial charge in [0.15, 0.2) is 5.25 Å². The molecule has 0 aromatic carbocycles. The van der Waals surface area contributed by atoms with Gasteiger partial charge in [0.1, 0.15) is 0 Å². The van der Waals surface area contributed by atoms with Crippen molar-refractivity contribution in [3.8, 4) is 6.07 Å². The van der Waals surface area contributed by atoms with Gasteiger partial charge in [-0.05, 0) is 20.3 Å². The maximum absolute atomic E-state index is 11.9. The van der Waals surface area contributed by atoms with Gasteiger partial charge in [-0.3, -0.25) is 0 Å². The van der Waals surface area contributed by atoms with E-state index in [4.69, 9.17) is 10.4 Å². The summed E-state index contributed by atoms with van der Waals surface area (Å²) < 4.78 is 25.0. The highest BCUT2D eigenvalue weighted by Crippen LogP contribution is 2.14. The van der Waals surface area contributed by atoms with Crippen LogP contribution in [0.5, 0.6) is 0 Å². The molecule has 0 aliphatic carbocycles. The molecule has 0 fully saturated rings. The molecule has 0 aliphatic rings. The topological polar surface area (TPSA) is 81.4 Å². The fourth-order valence-corrected chi connectivity index (χ4v) is 3.11. The van der Waals surface area contributed by atoms with Crippen LogP contribution >= 0.6 is 0 Å². The van der Waals surface area contributed by atoms with Crippen molar-refractivity contribution in [2.75, 3.05) is 13.2 Å². The van der Waals surface area contributed by atoms with E-state index in [2.05, 4.69) is 0 Å². The molecule has 0 aliphatic heterocycles. The van der Waals surface area contributed by atoms with E-state index in [1.165, 1.54) is 4.31 Å². The van der Waals surface area contributed by atoms with Gasteiger partial charge >= 0.3 is 0 Å². The van der Waals surface area contributed by atoms with Gasteiger partial charge < -0.3 is 5.11 Å². The largest absolute Gasteiger partial charge is 0.395 e. The van der Waals surface area contributed by atoms with Crippen molar-refractivity contribution in [1.29, 1.82) is 5.26 Å². The van der Waals surface area contributed by atoms with Gasteiger partial charge in [0.25, 0.3) is 0 Å². The van der Waals surface area contributed by atoms with Crippen molar-refractivity contribution < 1.29 is 13.5 Å². The number of hydrogen-bond donors (Lipinski definition) is 1. The van der Waals surface area contributed by atoms with Crippen molar-refractivity contribution in [3.63, 3.8) is 0 Å². The maximum atomic E-state index is 11.9. The molecule has 1 unspecified atom stereocenters. The second-order valence-electron chi connectivity index (χ2n) is 3.50. The molecule has 1 N–H and O–H groups in total. The number of rotatable bonds is 6. The highest BCUT2D eigenvalue weighted by atomic mass is 32.2. The average molecular weight is 234 g/mol. The zero-order valence-electron chi connectivity index (χ0n) is 9.34. The molecule has 1 atom stereocenters. The molecule has 6 heteroatoms. The Morgan fingerprint density at radius 1 is 1.47 bits per heavy atom. The van der Waals surface area contributed by atoms with Crippen molar-refractivity contribution >= 4 is 10.0 Å². The van der Waals surface area contributed by atoms with Crippen molar-refractivity contribution in [3.05, 3.63) is 0 Å². The van der Waals surface area contributed by atoms with E-state index in [0.29, 0.717) is 0 Å². The molecule has 5 nitrogen and oxygen atoms in total.